The summed E-state index contributed by atoms with van der Waals surface area (Å²) in [4.78, 5) is 0. The van der Waals surface area contributed by atoms with E-state index in [4.69, 9.17) is 0 Å². The molecule has 4 heteroatoms. The van der Waals surface area contributed by atoms with Crippen LogP contribution in [0.4, 0.5) is 0 Å². The molecule has 0 bridgehead atoms. The molecule has 0 amide bonds. The average molecular weight is 236 g/mol. The molecule has 0 aliphatic carbocycles. The van der Waals surface area contributed by atoms with Gasteiger partial charge in [0.15, 0.2) is 0 Å². The van der Waals surface area contributed by atoms with Crippen LogP contribution in [0.2, 0.25) is 0 Å². The van der Waals surface area contributed by atoms with Crippen LogP contribution in [0.5, 0.6) is 0 Å². The highest BCUT2D eigenvalue weighted by Crippen LogP contribution is 2.20. The Hall–Kier alpha value is -0.870. The van der Waals surface area contributed by atoms with Crippen molar-refractivity contribution >= 4 is 0 Å². The maximum atomic E-state index is 4.29. The van der Waals surface area contributed by atoms with Gasteiger partial charge in [0.05, 0.1) is 12.2 Å². The Labute approximate surface area is 104 Å². The van der Waals surface area contributed by atoms with Gasteiger partial charge in [-0.05, 0) is 39.7 Å². The zero-order chi connectivity index (χ0) is 12.3. The maximum Gasteiger partial charge on any atom is 0.0536 e. The first kappa shape index (κ1) is 12.6. The van der Waals surface area contributed by atoms with Crippen molar-refractivity contribution in [3.63, 3.8) is 0 Å². The van der Waals surface area contributed by atoms with E-state index in [0.717, 1.165) is 13.1 Å². The van der Waals surface area contributed by atoms with E-state index in [9.17, 15) is 0 Å². The fourth-order valence-corrected chi connectivity index (χ4v) is 2.70. The summed E-state index contributed by atoms with van der Waals surface area (Å²) in [6.45, 7) is 8.56. The molecule has 0 aromatic carbocycles. The zero-order valence-electron chi connectivity index (χ0n) is 11.2. The molecule has 17 heavy (non-hydrogen) atoms. The van der Waals surface area contributed by atoms with Gasteiger partial charge in [-0.3, -0.25) is 4.68 Å². The monoisotopic (exact) mass is 236 g/mol. The number of rotatable bonds is 4. The second-order valence-electron chi connectivity index (χ2n) is 5.01. The smallest absolute Gasteiger partial charge is 0.0536 e. The van der Waals surface area contributed by atoms with Gasteiger partial charge in [-0.2, -0.15) is 5.10 Å². The zero-order valence-corrected chi connectivity index (χ0v) is 11.2. The van der Waals surface area contributed by atoms with E-state index in [1.165, 1.54) is 25.0 Å². The summed E-state index contributed by atoms with van der Waals surface area (Å²) in [5, 5.41) is 6.71. The highest BCUT2D eigenvalue weighted by atomic mass is 15.5. The van der Waals surface area contributed by atoms with Crippen LogP contribution >= 0.6 is 0 Å². The number of hydrogen-bond acceptors (Lipinski definition) is 3. The van der Waals surface area contributed by atoms with Crippen molar-refractivity contribution in [3.05, 3.63) is 18.0 Å². The highest BCUT2D eigenvalue weighted by Gasteiger charge is 2.24. The molecule has 0 radical (unpaired) electrons. The van der Waals surface area contributed by atoms with Crippen LogP contribution in [0.15, 0.2) is 12.3 Å². The molecule has 1 aliphatic rings. The van der Waals surface area contributed by atoms with Crippen molar-refractivity contribution in [3.8, 4) is 0 Å². The van der Waals surface area contributed by atoms with Gasteiger partial charge in [-0.1, -0.05) is 6.42 Å². The van der Waals surface area contributed by atoms with E-state index in [2.05, 4.69) is 42.4 Å². The van der Waals surface area contributed by atoms with E-state index in [1.807, 2.05) is 10.9 Å². The lowest BCUT2D eigenvalue weighted by molar-refractivity contribution is 0.0426. The quantitative estimate of drug-likeness (QED) is 0.869. The Morgan fingerprint density at radius 1 is 1.35 bits per heavy atom. The Morgan fingerprint density at radius 2 is 2.06 bits per heavy atom. The summed E-state index contributed by atoms with van der Waals surface area (Å²) < 4.78 is 2.05. The van der Waals surface area contributed by atoms with Gasteiger partial charge in [0.2, 0.25) is 0 Å². The van der Waals surface area contributed by atoms with E-state index < -0.39 is 0 Å². The topological polar surface area (TPSA) is 33.1 Å². The number of aryl methyl sites for hydroxylation is 1. The van der Waals surface area contributed by atoms with Crippen LogP contribution < -0.4 is 5.43 Å². The van der Waals surface area contributed by atoms with Gasteiger partial charge in [0.25, 0.3) is 0 Å². The van der Waals surface area contributed by atoms with Crippen LogP contribution in [-0.2, 0) is 13.1 Å². The number of piperidine rings is 1. The number of aromatic nitrogens is 2. The van der Waals surface area contributed by atoms with Crippen molar-refractivity contribution in [2.24, 2.45) is 0 Å². The molecule has 1 fully saturated rings. The largest absolute Gasteiger partial charge is 0.269 e. The Kier molecular flexibility index (Phi) is 4.18. The third kappa shape index (κ3) is 2.87. The third-order valence-corrected chi connectivity index (χ3v) is 3.74. The first-order chi connectivity index (χ1) is 8.22. The lowest BCUT2D eigenvalue weighted by atomic mass is 10.00. The van der Waals surface area contributed by atoms with Crippen molar-refractivity contribution in [2.45, 2.75) is 65.2 Å². The van der Waals surface area contributed by atoms with Gasteiger partial charge < -0.3 is 0 Å². The Morgan fingerprint density at radius 3 is 2.71 bits per heavy atom. The van der Waals surface area contributed by atoms with Crippen molar-refractivity contribution in [2.75, 3.05) is 0 Å². The number of hydrazine groups is 1. The lowest BCUT2D eigenvalue weighted by Crippen LogP contribution is -2.51. The molecule has 0 saturated carbocycles. The number of nitrogens with one attached hydrogen (secondary N) is 1. The fourth-order valence-electron chi connectivity index (χ4n) is 2.70. The molecule has 1 aromatic rings. The van der Waals surface area contributed by atoms with Gasteiger partial charge in [0, 0.05) is 24.8 Å². The SMILES string of the molecule is CCn1nccc1CNN1C(C)CCCC1C. The molecule has 0 spiro atoms. The van der Waals surface area contributed by atoms with Crippen LogP contribution in [0.1, 0.15) is 45.7 Å². The lowest BCUT2D eigenvalue weighted by Gasteiger charge is -2.39. The summed E-state index contributed by atoms with van der Waals surface area (Å²) in [7, 11) is 0. The second kappa shape index (κ2) is 5.65. The van der Waals surface area contributed by atoms with Crippen molar-refractivity contribution in [1.82, 2.24) is 20.2 Å². The molecule has 2 atom stereocenters. The molecule has 1 saturated heterocycles. The summed E-state index contributed by atoms with van der Waals surface area (Å²) in [6, 6.07) is 3.36. The predicted octanol–water partition coefficient (Wildman–Crippen LogP) is 2.17. The first-order valence-corrected chi connectivity index (χ1v) is 6.75. The second-order valence-corrected chi connectivity index (χ2v) is 5.01. The molecule has 4 nitrogen and oxygen atoms in total. The van der Waals surface area contributed by atoms with Gasteiger partial charge in [-0.25, -0.2) is 10.4 Å². The maximum absolute atomic E-state index is 4.29. The highest BCUT2D eigenvalue weighted by molar-refractivity contribution is 4.99. The first-order valence-electron chi connectivity index (χ1n) is 6.75. The molecular weight excluding hydrogens is 212 g/mol. The van der Waals surface area contributed by atoms with E-state index >= 15 is 0 Å². The van der Waals surface area contributed by atoms with E-state index in [-0.39, 0.29) is 0 Å². The predicted molar refractivity (Wildman–Crippen MR) is 69.4 cm³/mol. The minimum absolute atomic E-state index is 0.636. The summed E-state index contributed by atoms with van der Waals surface area (Å²) in [5.74, 6) is 0. The molecular formula is C13H24N4. The minimum Gasteiger partial charge on any atom is -0.269 e. The Bertz CT molecular complexity index is 337. The number of nitrogens with zero attached hydrogens (tertiary/aromatic N) is 3. The summed E-state index contributed by atoms with van der Waals surface area (Å²) >= 11 is 0. The number of hydrogen-bond donors (Lipinski definition) is 1. The molecule has 2 heterocycles. The summed E-state index contributed by atoms with van der Waals surface area (Å²) in [6.07, 6.45) is 5.83. The molecule has 2 rings (SSSR count). The third-order valence-electron chi connectivity index (χ3n) is 3.74. The fraction of sp³-hybridized carbons (Fsp3) is 0.769. The van der Waals surface area contributed by atoms with E-state index in [1.54, 1.807) is 0 Å². The summed E-state index contributed by atoms with van der Waals surface area (Å²) in [5.41, 5.74) is 4.83. The van der Waals surface area contributed by atoms with Gasteiger partial charge in [0.1, 0.15) is 0 Å². The molecule has 1 aliphatic heterocycles. The van der Waals surface area contributed by atoms with Crippen LogP contribution in [-0.4, -0.2) is 26.9 Å². The minimum atomic E-state index is 0.636. The van der Waals surface area contributed by atoms with E-state index in [0.29, 0.717) is 12.1 Å². The standard InChI is InChI=1S/C13H24N4/c1-4-16-13(8-9-14-16)10-15-17-11(2)6-5-7-12(17)3/h8-9,11-12,15H,4-7,10H2,1-3H3. The van der Waals surface area contributed by atoms with Crippen molar-refractivity contribution in [1.29, 1.82) is 0 Å². The molecule has 1 aromatic heterocycles. The molecule has 2 unspecified atom stereocenters. The normalized spacial score (nSPS) is 26.3. The van der Waals surface area contributed by atoms with Crippen LogP contribution in [0.25, 0.3) is 0 Å². The van der Waals surface area contributed by atoms with Crippen molar-refractivity contribution < 1.29 is 0 Å². The Balaban J connectivity index is 1.92. The van der Waals surface area contributed by atoms with Crippen LogP contribution in [0.3, 0.4) is 0 Å². The molecule has 96 valence electrons. The van der Waals surface area contributed by atoms with Crippen LogP contribution in [0, 0.1) is 0 Å². The van der Waals surface area contributed by atoms with Gasteiger partial charge >= 0.3 is 0 Å². The molecule has 1 N–H and O–H groups in total. The average Bonchev–Trinajstić information content (AvgIpc) is 2.76. The van der Waals surface area contributed by atoms with Gasteiger partial charge in [-0.15, -0.1) is 0 Å².